The molecule has 0 heterocycles. The molecule has 0 bridgehead atoms. The van der Waals surface area contributed by atoms with Crippen LogP contribution in [-0.4, -0.2) is 18.9 Å². The lowest BCUT2D eigenvalue weighted by molar-refractivity contribution is -0.120. The normalized spacial score (nSPS) is 11.5. The van der Waals surface area contributed by atoms with Crippen molar-refractivity contribution in [1.29, 1.82) is 0 Å². The first-order valence-corrected chi connectivity index (χ1v) is 8.24. The van der Waals surface area contributed by atoms with Crippen molar-refractivity contribution < 1.29 is 14.3 Å². The van der Waals surface area contributed by atoms with Gasteiger partial charge in [-0.1, -0.05) is 41.4 Å². The number of aryl methyl sites for hydroxylation is 1. The summed E-state index contributed by atoms with van der Waals surface area (Å²) in [7, 11) is 1.53. The minimum Gasteiger partial charge on any atom is -0.495 e. The fourth-order valence-electron chi connectivity index (χ4n) is 2.44. The van der Waals surface area contributed by atoms with Gasteiger partial charge in [0, 0.05) is 12.6 Å². The van der Waals surface area contributed by atoms with Crippen molar-refractivity contribution in [3.05, 3.63) is 58.6 Å². The third kappa shape index (κ3) is 5.50. The maximum atomic E-state index is 12.4. The highest BCUT2D eigenvalue weighted by molar-refractivity contribution is 6.32. The molecule has 0 saturated heterocycles. The highest BCUT2D eigenvalue weighted by atomic mass is 35.5. The Morgan fingerprint density at radius 1 is 1.16 bits per heavy atom. The van der Waals surface area contributed by atoms with Gasteiger partial charge in [-0.25, -0.2) is 0 Å². The summed E-state index contributed by atoms with van der Waals surface area (Å²) in [4.78, 5) is 23.8. The number of methoxy groups -OCH3 is 1. The molecule has 0 fully saturated rings. The van der Waals surface area contributed by atoms with Crippen LogP contribution in [0.2, 0.25) is 5.02 Å². The van der Waals surface area contributed by atoms with Crippen molar-refractivity contribution in [1.82, 2.24) is 5.32 Å². The van der Waals surface area contributed by atoms with Crippen molar-refractivity contribution in [2.45, 2.75) is 26.3 Å². The molecule has 1 unspecified atom stereocenters. The standard InChI is InChI=1S/C19H21ClN2O3/c1-12-4-6-14(7-5-12)17(21-13(2)23)11-19(24)22-15-8-9-18(25-3)16(20)10-15/h4-10,17H,11H2,1-3H3,(H,21,23)(H,22,24). The van der Waals surface area contributed by atoms with E-state index in [0.717, 1.165) is 11.1 Å². The molecule has 0 aliphatic rings. The van der Waals surface area contributed by atoms with Gasteiger partial charge in [-0.2, -0.15) is 0 Å². The van der Waals surface area contributed by atoms with Gasteiger partial charge in [-0.3, -0.25) is 9.59 Å². The summed E-state index contributed by atoms with van der Waals surface area (Å²) < 4.78 is 5.09. The van der Waals surface area contributed by atoms with Gasteiger partial charge < -0.3 is 15.4 Å². The molecule has 2 N–H and O–H groups in total. The van der Waals surface area contributed by atoms with Gasteiger partial charge in [0.15, 0.2) is 0 Å². The fraction of sp³-hybridized carbons (Fsp3) is 0.263. The molecular weight excluding hydrogens is 340 g/mol. The second-order valence-corrected chi connectivity index (χ2v) is 6.17. The van der Waals surface area contributed by atoms with Gasteiger partial charge in [-0.05, 0) is 30.7 Å². The molecule has 6 heteroatoms. The summed E-state index contributed by atoms with van der Waals surface area (Å²) in [5.41, 5.74) is 2.56. The summed E-state index contributed by atoms with van der Waals surface area (Å²) in [5.74, 6) is 0.127. The number of carbonyl (C=O) groups excluding carboxylic acids is 2. The molecule has 0 aliphatic heterocycles. The summed E-state index contributed by atoms with van der Waals surface area (Å²) >= 11 is 6.06. The Morgan fingerprint density at radius 2 is 1.84 bits per heavy atom. The van der Waals surface area contributed by atoms with Crippen LogP contribution in [0, 0.1) is 6.92 Å². The van der Waals surface area contributed by atoms with Crippen molar-refractivity contribution in [2.75, 3.05) is 12.4 Å². The molecule has 2 rings (SSSR count). The lowest BCUT2D eigenvalue weighted by atomic mass is 10.0. The largest absolute Gasteiger partial charge is 0.495 e. The van der Waals surface area contributed by atoms with Gasteiger partial charge in [0.1, 0.15) is 5.75 Å². The van der Waals surface area contributed by atoms with Crippen molar-refractivity contribution in [3.63, 3.8) is 0 Å². The Morgan fingerprint density at radius 3 is 2.40 bits per heavy atom. The molecule has 1 atom stereocenters. The van der Waals surface area contributed by atoms with Crippen LogP contribution in [0.1, 0.15) is 30.5 Å². The Balaban J connectivity index is 2.09. The molecule has 0 saturated carbocycles. The zero-order chi connectivity index (χ0) is 18.4. The third-order valence-electron chi connectivity index (χ3n) is 3.68. The minimum absolute atomic E-state index is 0.117. The van der Waals surface area contributed by atoms with Crippen LogP contribution in [0.3, 0.4) is 0 Å². The van der Waals surface area contributed by atoms with E-state index in [1.54, 1.807) is 18.2 Å². The first kappa shape index (κ1) is 18.8. The molecule has 132 valence electrons. The lowest BCUT2D eigenvalue weighted by Gasteiger charge is -2.18. The highest BCUT2D eigenvalue weighted by Crippen LogP contribution is 2.27. The second kappa shape index (κ2) is 8.53. The Kier molecular flexibility index (Phi) is 6.42. The van der Waals surface area contributed by atoms with E-state index in [4.69, 9.17) is 16.3 Å². The maximum absolute atomic E-state index is 12.4. The number of hydrogen-bond acceptors (Lipinski definition) is 3. The summed E-state index contributed by atoms with van der Waals surface area (Å²) in [6, 6.07) is 12.3. The fourth-order valence-corrected chi connectivity index (χ4v) is 2.70. The van der Waals surface area contributed by atoms with E-state index in [0.29, 0.717) is 16.5 Å². The quantitative estimate of drug-likeness (QED) is 0.821. The average molecular weight is 361 g/mol. The van der Waals surface area contributed by atoms with E-state index >= 15 is 0 Å². The molecule has 2 aromatic carbocycles. The second-order valence-electron chi connectivity index (χ2n) is 5.77. The number of rotatable bonds is 6. The number of amides is 2. The SMILES string of the molecule is COc1ccc(NC(=O)CC(NC(C)=O)c2ccc(C)cc2)cc1Cl. The van der Waals surface area contributed by atoms with E-state index in [-0.39, 0.29) is 18.2 Å². The van der Waals surface area contributed by atoms with Gasteiger partial charge in [0.25, 0.3) is 0 Å². The van der Waals surface area contributed by atoms with Crippen molar-refractivity contribution >= 4 is 29.1 Å². The topological polar surface area (TPSA) is 67.4 Å². The molecule has 5 nitrogen and oxygen atoms in total. The van der Waals surface area contributed by atoms with E-state index in [9.17, 15) is 9.59 Å². The zero-order valence-electron chi connectivity index (χ0n) is 14.4. The van der Waals surface area contributed by atoms with Gasteiger partial charge in [0.05, 0.1) is 24.6 Å². The highest BCUT2D eigenvalue weighted by Gasteiger charge is 2.17. The third-order valence-corrected chi connectivity index (χ3v) is 3.98. The van der Waals surface area contributed by atoms with Crippen molar-refractivity contribution in [3.8, 4) is 5.75 Å². The van der Waals surface area contributed by atoms with E-state index in [2.05, 4.69) is 10.6 Å². The van der Waals surface area contributed by atoms with Crippen LogP contribution in [0.5, 0.6) is 5.75 Å². The number of carbonyl (C=O) groups is 2. The van der Waals surface area contributed by atoms with E-state index in [1.165, 1.54) is 14.0 Å². The van der Waals surface area contributed by atoms with Gasteiger partial charge >= 0.3 is 0 Å². The molecule has 25 heavy (non-hydrogen) atoms. The number of benzene rings is 2. The molecule has 2 amide bonds. The number of nitrogens with one attached hydrogen (secondary N) is 2. The van der Waals surface area contributed by atoms with E-state index in [1.807, 2.05) is 31.2 Å². The monoisotopic (exact) mass is 360 g/mol. The van der Waals surface area contributed by atoms with Crippen molar-refractivity contribution in [2.24, 2.45) is 0 Å². The van der Waals surface area contributed by atoms with Crippen LogP contribution >= 0.6 is 11.6 Å². The average Bonchev–Trinajstić information content (AvgIpc) is 2.54. The molecular formula is C19H21ClN2O3. The van der Waals surface area contributed by atoms with Gasteiger partial charge in [0.2, 0.25) is 11.8 Å². The van der Waals surface area contributed by atoms with Crippen LogP contribution in [0.25, 0.3) is 0 Å². The molecule has 2 aromatic rings. The molecule has 0 aliphatic carbocycles. The molecule has 0 aromatic heterocycles. The van der Waals surface area contributed by atoms with Crippen LogP contribution in [-0.2, 0) is 9.59 Å². The van der Waals surface area contributed by atoms with Gasteiger partial charge in [-0.15, -0.1) is 0 Å². The molecule has 0 radical (unpaired) electrons. The summed E-state index contributed by atoms with van der Waals surface area (Å²) in [6.45, 7) is 3.42. The first-order valence-electron chi connectivity index (χ1n) is 7.86. The number of anilines is 1. The van der Waals surface area contributed by atoms with Crippen LogP contribution < -0.4 is 15.4 Å². The first-order chi connectivity index (χ1) is 11.9. The Bertz CT molecular complexity index is 760. The van der Waals surface area contributed by atoms with Crippen LogP contribution in [0.15, 0.2) is 42.5 Å². The maximum Gasteiger partial charge on any atom is 0.226 e. The molecule has 0 spiro atoms. The lowest BCUT2D eigenvalue weighted by Crippen LogP contribution is -2.29. The predicted molar refractivity (Wildman–Crippen MR) is 99.0 cm³/mol. The Hall–Kier alpha value is -2.53. The minimum atomic E-state index is -0.396. The number of halogens is 1. The van der Waals surface area contributed by atoms with E-state index < -0.39 is 6.04 Å². The zero-order valence-corrected chi connectivity index (χ0v) is 15.2. The van der Waals surface area contributed by atoms with Crippen LogP contribution in [0.4, 0.5) is 5.69 Å². The number of hydrogen-bond donors (Lipinski definition) is 2. The smallest absolute Gasteiger partial charge is 0.226 e. The predicted octanol–water partition coefficient (Wildman–Crippen LogP) is 3.86. The summed E-state index contributed by atoms with van der Waals surface area (Å²) in [6.07, 6.45) is 0.117. The Labute approximate surface area is 152 Å². The summed E-state index contributed by atoms with van der Waals surface area (Å²) in [5, 5.41) is 6.02. The number of ether oxygens (including phenoxy) is 1.